The van der Waals surface area contributed by atoms with E-state index in [0.717, 1.165) is 19.5 Å². The first-order valence-electron chi connectivity index (χ1n) is 4.03. The minimum Gasteiger partial charge on any atom is -0.330 e. The fourth-order valence-corrected chi connectivity index (χ4v) is 1.17. The molecule has 3 heteroatoms. The van der Waals surface area contributed by atoms with Crippen molar-refractivity contribution in [2.24, 2.45) is 11.5 Å². The molecular formula is C7H17N3. The lowest BCUT2D eigenvalue weighted by Crippen LogP contribution is -2.53. The zero-order chi connectivity index (χ0) is 7.40. The van der Waals surface area contributed by atoms with Gasteiger partial charge in [-0.05, 0) is 32.4 Å². The molecule has 1 aliphatic carbocycles. The van der Waals surface area contributed by atoms with Gasteiger partial charge < -0.3 is 16.8 Å². The Morgan fingerprint density at radius 1 is 1.40 bits per heavy atom. The van der Waals surface area contributed by atoms with Crippen molar-refractivity contribution in [3.63, 3.8) is 0 Å². The van der Waals surface area contributed by atoms with E-state index in [0.29, 0.717) is 12.1 Å². The van der Waals surface area contributed by atoms with Gasteiger partial charge in [0.15, 0.2) is 0 Å². The molecule has 1 saturated carbocycles. The van der Waals surface area contributed by atoms with Gasteiger partial charge in [-0.2, -0.15) is 0 Å². The Labute approximate surface area is 62.2 Å². The molecule has 0 heterocycles. The molecule has 3 nitrogen and oxygen atoms in total. The topological polar surface area (TPSA) is 64.1 Å². The van der Waals surface area contributed by atoms with Crippen LogP contribution in [-0.4, -0.2) is 25.2 Å². The molecule has 0 spiro atoms. The van der Waals surface area contributed by atoms with Crippen molar-refractivity contribution in [3.05, 3.63) is 0 Å². The second-order valence-corrected chi connectivity index (χ2v) is 2.94. The summed E-state index contributed by atoms with van der Waals surface area (Å²) >= 11 is 0. The molecular weight excluding hydrogens is 126 g/mol. The van der Waals surface area contributed by atoms with Crippen molar-refractivity contribution in [1.29, 1.82) is 0 Å². The first-order chi connectivity index (χ1) is 4.84. The normalized spacial score (nSPS) is 31.8. The highest BCUT2D eigenvalue weighted by atomic mass is 15.0. The van der Waals surface area contributed by atoms with Gasteiger partial charge in [-0.25, -0.2) is 0 Å². The van der Waals surface area contributed by atoms with Crippen molar-refractivity contribution in [2.75, 3.05) is 13.1 Å². The van der Waals surface area contributed by atoms with Crippen molar-refractivity contribution in [1.82, 2.24) is 5.32 Å². The molecule has 0 radical (unpaired) electrons. The highest BCUT2D eigenvalue weighted by molar-refractivity contribution is 4.89. The molecule has 0 aromatic heterocycles. The standard InChI is InChI=1S/C7H17N3/c8-4-1-5-10-7-3-2-6(7)9/h6-7,10H,1-5,8-9H2. The second-order valence-electron chi connectivity index (χ2n) is 2.94. The Morgan fingerprint density at radius 3 is 2.60 bits per heavy atom. The molecule has 0 bridgehead atoms. The summed E-state index contributed by atoms with van der Waals surface area (Å²) in [7, 11) is 0. The van der Waals surface area contributed by atoms with E-state index in [2.05, 4.69) is 5.32 Å². The van der Waals surface area contributed by atoms with Crippen molar-refractivity contribution >= 4 is 0 Å². The highest BCUT2D eigenvalue weighted by Crippen LogP contribution is 2.16. The molecule has 0 amide bonds. The van der Waals surface area contributed by atoms with Gasteiger partial charge >= 0.3 is 0 Å². The van der Waals surface area contributed by atoms with Gasteiger partial charge in [-0.15, -0.1) is 0 Å². The quantitative estimate of drug-likeness (QED) is 0.461. The predicted molar refractivity (Wildman–Crippen MR) is 42.7 cm³/mol. The van der Waals surface area contributed by atoms with E-state index in [9.17, 15) is 0 Å². The molecule has 1 fully saturated rings. The van der Waals surface area contributed by atoms with Crippen LogP contribution in [0.1, 0.15) is 19.3 Å². The largest absolute Gasteiger partial charge is 0.330 e. The van der Waals surface area contributed by atoms with Gasteiger partial charge in [0, 0.05) is 12.1 Å². The maximum Gasteiger partial charge on any atom is 0.0219 e. The Bertz CT molecular complexity index is 94.9. The summed E-state index contributed by atoms with van der Waals surface area (Å²) in [5.41, 5.74) is 11.0. The number of hydrogen-bond acceptors (Lipinski definition) is 3. The molecule has 0 saturated heterocycles. The fraction of sp³-hybridized carbons (Fsp3) is 1.00. The number of nitrogens with one attached hydrogen (secondary N) is 1. The zero-order valence-corrected chi connectivity index (χ0v) is 6.34. The van der Waals surface area contributed by atoms with Crippen LogP contribution in [0.2, 0.25) is 0 Å². The molecule has 1 rings (SSSR count). The van der Waals surface area contributed by atoms with Gasteiger partial charge in [-0.3, -0.25) is 0 Å². The fourth-order valence-electron chi connectivity index (χ4n) is 1.17. The summed E-state index contributed by atoms with van der Waals surface area (Å²) in [6.07, 6.45) is 3.48. The minimum absolute atomic E-state index is 0.401. The van der Waals surface area contributed by atoms with Crippen molar-refractivity contribution in [2.45, 2.75) is 31.3 Å². The molecule has 0 aromatic rings. The minimum atomic E-state index is 0.401. The molecule has 0 aliphatic heterocycles. The molecule has 10 heavy (non-hydrogen) atoms. The average Bonchev–Trinajstić information content (AvgIpc) is 1.95. The van der Waals surface area contributed by atoms with E-state index in [1.54, 1.807) is 0 Å². The van der Waals surface area contributed by atoms with Crippen LogP contribution in [0, 0.1) is 0 Å². The lowest BCUT2D eigenvalue weighted by Gasteiger charge is -2.34. The summed E-state index contributed by atoms with van der Waals surface area (Å²) < 4.78 is 0. The smallest absolute Gasteiger partial charge is 0.0219 e. The molecule has 2 unspecified atom stereocenters. The van der Waals surface area contributed by atoms with Crippen LogP contribution in [0.15, 0.2) is 0 Å². The van der Waals surface area contributed by atoms with Crippen LogP contribution in [0.4, 0.5) is 0 Å². The molecule has 0 aromatic carbocycles. The molecule has 1 aliphatic rings. The Hall–Kier alpha value is -0.120. The van der Waals surface area contributed by atoms with E-state index in [-0.39, 0.29) is 0 Å². The summed E-state index contributed by atoms with van der Waals surface area (Å²) in [5.74, 6) is 0. The zero-order valence-electron chi connectivity index (χ0n) is 6.34. The van der Waals surface area contributed by atoms with Gasteiger partial charge in [-0.1, -0.05) is 0 Å². The average molecular weight is 143 g/mol. The molecule has 60 valence electrons. The van der Waals surface area contributed by atoms with Gasteiger partial charge in [0.1, 0.15) is 0 Å². The molecule has 2 atom stereocenters. The Morgan fingerprint density at radius 2 is 2.20 bits per heavy atom. The SMILES string of the molecule is NCCCNC1CCC1N. The number of rotatable bonds is 4. The van der Waals surface area contributed by atoms with Gasteiger partial charge in [0.05, 0.1) is 0 Å². The lowest BCUT2D eigenvalue weighted by atomic mass is 9.87. The summed E-state index contributed by atoms with van der Waals surface area (Å²) in [6, 6.07) is 0.976. The van der Waals surface area contributed by atoms with Gasteiger partial charge in [0.2, 0.25) is 0 Å². The maximum atomic E-state index is 5.71. The van der Waals surface area contributed by atoms with Crippen LogP contribution in [0.25, 0.3) is 0 Å². The summed E-state index contributed by atoms with van der Waals surface area (Å²) in [4.78, 5) is 0. The van der Waals surface area contributed by atoms with E-state index in [4.69, 9.17) is 11.5 Å². The Kier molecular flexibility index (Phi) is 3.12. The van der Waals surface area contributed by atoms with Crippen LogP contribution in [-0.2, 0) is 0 Å². The van der Waals surface area contributed by atoms with Crippen LogP contribution < -0.4 is 16.8 Å². The first-order valence-corrected chi connectivity index (χ1v) is 4.03. The van der Waals surface area contributed by atoms with E-state index in [1.165, 1.54) is 12.8 Å². The van der Waals surface area contributed by atoms with Crippen molar-refractivity contribution < 1.29 is 0 Å². The lowest BCUT2D eigenvalue weighted by molar-refractivity contribution is 0.285. The van der Waals surface area contributed by atoms with E-state index in [1.807, 2.05) is 0 Å². The van der Waals surface area contributed by atoms with Crippen LogP contribution >= 0.6 is 0 Å². The van der Waals surface area contributed by atoms with Crippen molar-refractivity contribution in [3.8, 4) is 0 Å². The third kappa shape index (κ3) is 1.94. The monoisotopic (exact) mass is 143 g/mol. The third-order valence-corrected chi connectivity index (χ3v) is 2.12. The summed E-state index contributed by atoms with van der Waals surface area (Å²) in [5, 5.41) is 3.36. The van der Waals surface area contributed by atoms with E-state index < -0.39 is 0 Å². The van der Waals surface area contributed by atoms with E-state index >= 15 is 0 Å². The predicted octanol–water partition coefficient (Wildman–Crippen LogP) is -0.585. The maximum absolute atomic E-state index is 5.71. The number of hydrogen-bond donors (Lipinski definition) is 3. The second kappa shape index (κ2) is 3.91. The Balaban J connectivity index is 1.92. The van der Waals surface area contributed by atoms with Crippen LogP contribution in [0.3, 0.4) is 0 Å². The van der Waals surface area contributed by atoms with Crippen LogP contribution in [0.5, 0.6) is 0 Å². The van der Waals surface area contributed by atoms with Gasteiger partial charge in [0.25, 0.3) is 0 Å². The molecule has 5 N–H and O–H groups in total. The third-order valence-electron chi connectivity index (χ3n) is 2.12. The first kappa shape index (κ1) is 7.98. The highest BCUT2D eigenvalue weighted by Gasteiger charge is 2.25. The number of nitrogens with two attached hydrogens (primary N) is 2. The summed E-state index contributed by atoms with van der Waals surface area (Å²) in [6.45, 7) is 1.80.